The Morgan fingerprint density at radius 2 is 1.84 bits per heavy atom. The zero-order valence-corrected chi connectivity index (χ0v) is 12.2. The SMILES string of the molecule is CCCCCCCCNS(=O)(=O)c1ccc(CO)o1. The third kappa shape index (κ3) is 5.76. The van der Waals surface area contributed by atoms with Gasteiger partial charge in [0.15, 0.2) is 0 Å². The molecule has 2 N–H and O–H groups in total. The van der Waals surface area contributed by atoms with E-state index in [0.717, 1.165) is 19.3 Å². The number of hydrogen-bond donors (Lipinski definition) is 2. The average molecular weight is 289 g/mol. The van der Waals surface area contributed by atoms with Crippen LogP contribution < -0.4 is 4.72 Å². The van der Waals surface area contributed by atoms with Crippen LogP contribution in [-0.4, -0.2) is 20.1 Å². The van der Waals surface area contributed by atoms with Crippen molar-refractivity contribution in [2.45, 2.75) is 57.1 Å². The van der Waals surface area contributed by atoms with Crippen molar-refractivity contribution >= 4 is 10.0 Å². The van der Waals surface area contributed by atoms with Crippen LogP contribution in [0.4, 0.5) is 0 Å². The van der Waals surface area contributed by atoms with E-state index in [1.165, 1.54) is 31.4 Å². The number of aliphatic hydroxyl groups excluding tert-OH is 1. The van der Waals surface area contributed by atoms with E-state index >= 15 is 0 Å². The maximum absolute atomic E-state index is 11.8. The van der Waals surface area contributed by atoms with E-state index in [2.05, 4.69) is 11.6 Å². The Bertz CT molecular complexity index is 453. The molecule has 0 spiro atoms. The van der Waals surface area contributed by atoms with Gasteiger partial charge in [0, 0.05) is 6.54 Å². The van der Waals surface area contributed by atoms with Gasteiger partial charge in [0.05, 0.1) is 0 Å². The number of aliphatic hydroxyl groups is 1. The van der Waals surface area contributed by atoms with Gasteiger partial charge >= 0.3 is 0 Å². The molecule has 0 aliphatic rings. The lowest BCUT2D eigenvalue weighted by molar-refractivity contribution is 0.236. The predicted molar refractivity (Wildman–Crippen MR) is 73.2 cm³/mol. The molecule has 19 heavy (non-hydrogen) atoms. The largest absolute Gasteiger partial charge is 0.446 e. The van der Waals surface area contributed by atoms with E-state index < -0.39 is 10.0 Å². The quantitative estimate of drug-likeness (QED) is 0.648. The molecule has 1 rings (SSSR count). The van der Waals surface area contributed by atoms with Gasteiger partial charge in [0.25, 0.3) is 10.0 Å². The molecule has 1 aromatic rings. The van der Waals surface area contributed by atoms with Crippen LogP contribution in [0.5, 0.6) is 0 Å². The van der Waals surface area contributed by atoms with Crippen LogP contribution >= 0.6 is 0 Å². The second kappa shape index (κ2) is 8.35. The molecule has 0 saturated heterocycles. The van der Waals surface area contributed by atoms with Gasteiger partial charge in [-0.05, 0) is 18.6 Å². The van der Waals surface area contributed by atoms with Crippen molar-refractivity contribution in [3.63, 3.8) is 0 Å². The van der Waals surface area contributed by atoms with Gasteiger partial charge in [-0.3, -0.25) is 0 Å². The van der Waals surface area contributed by atoms with Gasteiger partial charge < -0.3 is 9.52 Å². The molecular formula is C13H23NO4S. The summed E-state index contributed by atoms with van der Waals surface area (Å²) in [6.07, 6.45) is 6.66. The van der Waals surface area contributed by atoms with Crippen LogP contribution in [0.1, 0.15) is 51.2 Å². The Hall–Kier alpha value is -0.850. The molecule has 1 heterocycles. The molecule has 110 valence electrons. The molecular weight excluding hydrogens is 266 g/mol. The fourth-order valence-corrected chi connectivity index (χ4v) is 2.79. The zero-order valence-electron chi connectivity index (χ0n) is 11.4. The highest BCUT2D eigenvalue weighted by atomic mass is 32.2. The smallest absolute Gasteiger partial charge is 0.273 e. The number of hydrogen-bond acceptors (Lipinski definition) is 4. The van der Waals surface area contributed by atoms with Gasteiger partial charge in [-0.1, -0.05) is 39.0 Å². The molecule has 0 atom stereocenters. The van der Waals surface area contributed by atoms with Crippen LogP contribution in [0.2, 0.25) is 0 Å². The van der Waals surface area contributed by atoms with Gasteiger partial charge in [0.1, 0.15) is 12.4 Å². The van der Waals surface area contributed by atoms with E-state index in [9.17, 15) is 8.42 Å². The van der Waals surface area contributed by atoms with Crippen LogP contribution in [0.3, 0.4) is 0 Å². The first-order valence-electron chi connectivity index (χ1n) is 6.79. The van der Waals surface area contributed by atoms with Gasteiger partial charge in [-0.25, -0.2) is 13.1 Å². The minimum atomic E-state index is -3.57. The second-order valence-corrected chi connectivity index (χ2v) is 6.24. The molecule has 0 aliphatic carbocycles. The summed E-state index contributed by atoms with van der Waals surface area (Å²) in [5, 5.41) is 8.69. The molecule has 0 saturated carbocycles. The summed E-state index contributed by atoms with van der Waals surface area (Å²) in [4.78, 5) is 0. The first-order valence-corrected chi connectivity index (χ1v) is 8.27. The van der Waals surface area contributed by atoms with Crippen molar-refractivity contribution in [1.82, 2.24) is 4.72 Å². The molecule has 0 unspecified atom stereocenters. The molecule has 0 amide bonds. The Morgan fingerprint density at radius 3 is 2.47 bits per heavy atom. The Morgan fingerprint density at radius 1 is 1.16 bits per heavy atom. The fourth-order valence-electron chi connectivity index (χ4n) is 1.77. The van der Waals surface area contributed by atoms with Crippen molar-refractivity contribution in [2.24, 2.45) is 0 Å². The highest BCUT2D eigenvalue weighted by Crippen LogP contribution is 2.13. The van der Waals surface area contributed by atoms with Crippen LogP contribution in [0.25, 0.3) is 0 Å². The zero-order chi connectivity index (χ0) is 14.1. The van der Waals surface area contributed by atoms with E-state index in [4.69, 9.17) is 9.52 Å². The maximum Gasteiger partial charge on any atom is 0.273 e. The standard InChI is InChI=1S/C13H23NO4S/c1-2-3-4-5-6-7-10-14-19(16,17)13-9-8-12(11-15)18-13/h8-9,14-15H,2-7,10-11H2,1H3. The summed E-state index contributed by atoms with van der Waals surface area (Å²) < 4.78 is 31.1. The van der Waals surface area contributed by atoms with Crippen molar-refractivity contribution in [3.05, 3.63) is 17.9 Å². The monoisotopic (exact) mass is 289 g/mol. The molecule has 0 aromatic carbocycles. The lowest BCUT2D eigenvalue weighted by atomic mass is 10.1. The minimum absolute atomic E-state index is 0.137. The average Bonchev–Trinajstić information content (AvgIpc) is 2.87. The highest BCUT2D eigenvalue weighted by Gasteiger charge is 2.17. The molecule has 1 aromatic heterocycles. The van der Waals surface area contributed by atoms with E-state index in [0.29, 0.717) is 6.54 Å². The minimum Gasteiger partial charge on any atom is -0.446 e. The third-order valence-electron chi connectivity index (χ3n) is 2.88. The summed E-state index contributed by atoms with van der Waals surface area (Å²) in [6.45, 7) is 2.29. The van der Waals surface area contributed by atoms with Crippen molar-refractivity contribution in [3.8, 4) is 0 Å². The lowest BCUT2D eigenvalue weighted by Gasteiger charge is -2.04. The molecule has 0 aliphatic heterocycles. The van der Waals surface area contributed by atoms with Gasteiger partial charge in [-0.2, -0.15) is 0 Å². The summed E-state index contributed by atoms with van der Waals surface area (Å²) in [5.74, 6) is 0.250. The first-order chi connectivity index (χ1) is 9.10. The maximum atomic E-state index is 11.8. The topological polar surface area (TPSA) is 79.5 Å². The summed E-state index contributed by atoms with van der Waals surface area (Å²) in [5.41, 5.74) is 0. The van der Waals surface area contributed by atoms with E-state index in [1.807, 2.05) is 0 Å². The number of rotatable bonds is 10. The number of sulfonamides is 1. The molecule has 5 nitrogen and oxygen atoms in total. The molecule has 0 radical (unpaired) electrons. The Labute approximate surface area is 115 Å². The normalized spacial score (nSPS) is 11.9. The van der Waals surface area contributed by atoms with Crippen LogP contribution in [0.15, 0.2) is 21.6 Å². The lowest BCUT2D eigenvalue weighted by Crippen LogP contribution is -2.24. The Balaban J connectivity index is 2.27. The summed E-state index contributed by atoms with van der Waals surface area (Å²) in [6, 6.07) is 2.81. The van der Waals surface area contributed by atoms with E-state index in [-0.39, 0.29) is 17.5 Å². The number of unbranched alkanes of at least 4 members (excludes halogenated alkanes) is 5. The van der Waals surface area contributed by atoms with E-state index in [1.54, 1.807) is 0 Å². The van der Waals surface area contributed by atoms with Crippen molar-refractivity contribution < 1.29 is 17.9 Å². The molecule has 0 bridgehead atoms. The second-order valence-electron chi connectivity index (χ2n) is 4.54. The van der Waals surface area contributed by atoms with Crippen molar-refractivity contribution in [1.29, 1.82) is 0 Å². The number of furan rings is 1. The third-order valence-corrected chi connectivity index (χ3v) is 4.21. The van der Waals surface area contributed by atoms with Crippen molar-refractivity contribution in [2.75, 3.05) is 6.54 Å². The predicted octanol–water partition coefficient (Wildman–Crippen LogP) is 2.41. The fraction of sp³-hybridized carbons (Fsp3) is 0.692. The molecule has 0 fully saturated rings. The van der Waals surface area contributed by atoms with Gasteiger partial charge in [-0.15, -0.1) is 0 Å². The summed E-state index contributed by atoms with van der Waals surface area (Å²) in [7, 11) is -3.57. The van der Waals surface area contributed by atoms with Crippen LogP contribution in [0, 0.1) is 0 Å². The first kappa shape index (κ1) is 16.2. The number of nitrogens with one attached hydrogen (secondary N) is 1. The Kier molecular flexibility index (Phi) is 7.12. The summed E-state index contributed by atoms with van der Waals surface area (Å²) >= 11 is 0. The molecule has 6 heteroatoms. The van der Waals surface area contributed by atoms with Gasteiger partial charge in [0.2, 0.25) is 5.09 Å². The van der Waals surface area contributed by atoms with Crippen LogP contribution in [-0.2, 0) is 16.6 Å². The highest BCUT2D eigenvalue weighted by molar-refractivity contribution is 7.89.